The highest BCUT2D eigenvalue weighted by molar-refractivity contribution is 7.10. The molecule has 0 bridgehead atoms. The number of rotatable bonds is 6. The van der Waals surface area contributed by atoms with E-state index in [2.05, 4.69) is 59.9 Å². The first-order valence-corrected chi connectivity index (χ1v) is 11.4. The third kappa shape index (κ3) is 4.59. The molecule has 2 aromatic carbocycles. The summed E-state index contributed by atoms with van der Waals surface area (Å²) < 4.78 is 0. The molecule has 0 aliphatic heterocycles. The van der Waals surface area contributed by atoms with Crippen LogP contribution in [0.4, 0.5) is 5.69 Å². The number of aliphatic imine (C=N–C) groups is 1. The number of benzene rings is 2. The Morgan fingerprint density at radius 1 is 1.07 bits per heavy atom. The quantitative estimate of drug-likeness (QED) is 0.384. The second-order valence-corrected chi connectivity index (χ2v) is 8.80. The number of thiazole rings is 1. The Balaban J connectivity index is 1.52. The van der Waals surface area contributed by atoms with Gasteiger partial charge in [-0.25, -0.2) is 4.98 Å². The first-order chi connectivity index (χ1) is 14.1. The van der Waals surface area contributed by atoms with Crippen molar-refractivity contribution in [2.24, 2.45) is 4.99 Å². The summed E-state index contributed by atoms with van der Waals surface area (Å²) in [6.45, 7) is 7.14. The van der Waals surface area contributed by atoms with Crippen molar-refractivity contribution < 1.29 is 0 Å². The van der Waals surface area contributed by atoms with Gasteiger partial charge in [-0.1, -0.05) is 18.2 Å². The SMILES string of the molecule is CCN=CNc1cc(C)c(Cc2nc(-c3ccc4c(c3)CCCC4)cs2)cc1C. The Bertz CT molecular complexity index is 1030. The number of aromatic nitrogens is 1. The summed E-state index contributed by atoms with van der Waals surface area (Å²) in [5, 5.41) is 6.67. The minimum atomic E-state index is 0.791. The molecule has 150 valence electrons. The molecular weight excluding hydrogens is 374 g/mol. The normalized spacial score (nSPS) is 13.6. The second-order valence-electron chi connectivity index (χ2n) is 7.86. The van der Waals surface area contributed by atoms with Gasteiger partial charge in [0.25, 0.3) is 0 Å². The van der Waals surface area contributed by atoms with Gasteiger partial charge in [0.15, 0.2) is 0 Å². The van der Waals surface area contributed by atoms with Gasteiger partial charge in [0.2, 0.25) is 0 Å². The lowest BCUT2D eigenvalue weighted by Gasteiger charge is -2.16. The van der Waals surface area contributed by atoms with Crippen molar-refractivity contribution in [2.75, 3.05) is 11.9 Å². The van der Waals surface area contributed by atoms with Crippen LogP contribution < -0.4 is 5.32 Å². The Labute approximate surface area is 177 Å². The maximum absolute atomic E-state index is 4.96. The van der Waals surface area contributed by atoms with E-state index in [9.17, 15) is 0 Å². The van der Waals surface area contributed by atoms with Crippen LogP contribution in [-0.4, -0.2) is 17.9 Å². The third-order valence-corrected chi connectivity index (χ3v) is 6.56. The molecule has 3 aromatic rings. The molecule has 0 radical (unpaired) electrons. The fourth-order valence-corrected chi connectivity index (χ4v) is 4.84. The van der Waals surface area contributed by atoms with Crippen LogP contribution in [0.5, 0.6) is 0 Å². The van der Waals surface area contributed by atoms with E-state index in [1.807, 2.05) is 6.92 Å². The van der Waals surface area contributed by atoms with Crippen LogP contribution in [0.25, 0.3) is 11.3 Å². The molecule has 29 heavy (non-hydrogen) atoms. The van der Waals surface area contributed by atoms with Crippen LogP contribution in [0.15, 0.2) is 40.7 Å². The number of anilines is 1. The smallest absolute Gasteiger partial charge is 0.0976 e. The standard InChI is InChI=1S/C25H29N3S/c1-4-26-16-27-23-12-17(2)22(11-18(23)3)14-25-28-24(15-29-25)21-10-9-19-7-5-6-8-20(19)13-21/h9-13,15-16H,4-8,14H2,1-3H3,(H,26,27). The summed E-state index contributed by atoms with van der Waals surface area (Å²) in [5.74, 6) is 0. The predicted molar refractivity (Wildman–Crippen MR) is 126 cm³/mol. The molecule has 4 heteroatoms. The zero-order valence-corrected chi connectivity index (χ0v) is 18.4. The Hall–Kier alpha value is -2.46. The minimum Gasteiger partial charge on any atom is -0.347 e. The van der Waals surface area contributed by atoms with E-state index in [4.69, 9.17) is 4.98 Å². The fraction of sp³-hybridized carbons (Fsp3) is 0.360. The zero-order chi connectivity index (χ0) is 20.2. The summed E-state index contributed by atoms with van der Waals surface area (Å²) in [6.07, 6.45) is 7.74. The average Bonchev–Trinajstić information content (AvgIpc) is 3.20. The molecule has 0 amide bonds. The average molecular weight is 404 g/mol. The second kappa shape index (κ2) is 8.91. The molecule has 1 aliphatic rings. The lowest BCUT2D eigenvalue weighted by atomic mass is 9.90. The van der Waals surface area contributed by atoms with Crippen molar-refractivity contribution in [3.8, 4) is 11.3 Å². The summed E-state index contributed by atoms with van der Waals surface area (Å²) in [7, 11) is 0. The largest absolute Gasteiger partial charge is 0.347 e. The highest BCUT2D eigenvalue weighted by atomic mass is 32.1. The van der Waals surface area contributed by atoms with Gasteiger partial charge in [-0.15, -0.1) is 11.3 Å². The van der Waals surface area contributed by atoms with Crippen LogP contribution in [0.3, 0.4) is 0 Å². The fourth-order valence-electron chi connectivity index (χ4n) is 4.01. The van der Waals surface area contributed by atoms with Crippen LogP contribution in [-0.2, 0) is 19.3 Å². The molecule has 1 N–H and O–H groups in total. The van der Waals surface area contributed by atoms with E-state index < -0.39 is 0 Å². The van der Waals surface area contributed by atoms with E-state index in [1.54, 1.807) is 17.7 Å². The van der Waals surface area contributed by atoms with Crippen molar-refractivity contribution in [1.29, 1.82) is 0 Å². The molecule has 0 saturated heterocycles. The van der Waals surface area contributed by atoms with Gasteiger partial charge in [0.05, 0.1) is 17.0 Å². The monoisotopic (exact) mass is 403 g/mol. The number of nitrogens with one attached hydrogen (secondary N) is 1. The van der Waals surface area contributed by atoms with Gasteiger partial charge in [0, 0.05) is 29.6 Å². The van der Waals surface area contributed by atoms with E-state index >= 15 is 0 Å². The predicted octanol–water partition coefficient (Wildman–Crippen LogP) is 6.36. The molecule has 0 saturated carbocycles. The van der Waals surface area contributed by atoms with Crippen LogP contribution >= 0.6 is 11.3 Å². The highest BCUT2D eigenvalue weighted by Gasteiger charge is 2.13. The maximum Gasteiger partial charge on any atom is 0.0976 e. The molecule has 0 fully saturated rings. The van der Waals surface area contributed by atoms with E-state index in [0.29, 0.717) is 0 Å². The molecule has 1 aliphatic carbocycles. The van der Waals surface area contributed by atoms with Crippen molar-refractivity contribution >= 4 is 23.4 Å². The molecular formula is C25H29N3S. The summed E-state index contributed by atoms with van der Waals surface area (Å²) >= 11 is 1.76. The van der Waals surface area contributed by atoms with Crippen LogP contribution in [0.2, 0.25) is 0 Å². The molecule has 1 aromatic heterocycles. The van der Waals surface area contributed by atoms with Crippen molar-refractivity contribution in [3.63, 3.8) is 0 Å². The third-order valence-electron chi connectivity index (χ3n) is 5.71. The Morgan fingerprint density at radius 2 is 1.90 bits per heavy atom. The number of fused-ring (bicyclic) bond motifs is 1. The van der Waals surface area contributed by atoms with Gasteiger partial charge in [-0.2, -0.15) is 0 Å². The molecule has 0 spiro atoms. The molecule has 0 unspecified atom stereocenters. The lowest BCUT2D eigenvalue weighted by molar-refractivity contribution is 0.686. The maximum atomic E-state index is 4.96. The van der Waals surface area contributed by atoms with E-state index in [-0.39, 0.29) is 0 Å². The van der Waals surface area contributed by atoms with E-state index in [1.165, 1.54) is 64.1 Å². The summed E-state index contributed by atoms with van der Waals surface area (Å²) in [5.41, 5.74) is 10.4. The van der Waals surface area contributed by atoms with Gasteiger partial charge in [-0.3, -0.25) is 4.99 Å². The number of nitrogens with zero attached hydrogens (tertiary/aromatic N) is 2. The first-order valence-electron chi connectivity index (χ1n) is 10.6. The minimum absolute atomic E-state index is 0.791. The van der Waals surface area contributed by atoms with Gasteiger partial charge in [0.1, 0.15) is 0 Å². The first kappa shape index (κ1) is 19.8. The van der Waals surface area contributed by atoms with E-state index in [0.717, 1.165) is 24.3 Å². The summed E-state index contributed by atoms with van der Waals surface area (Å²) in [4.78, 5) is 9.20. The molecule has 1 heterocycles. The lowest BCUT2D eigenvalue weighted by Crippen LogP contribution is -2.02. The zero-order valence-electron chi connectivity index (χ0n) is 17.6. The van der Waals surface area contributed by atoms with Crippen LogP contribution in [0.1, 0.15) is 52.6 Å². The van der Waals surface area contributed by atoms with Crippen LogP contribution in [0, 0.1) is 13.8 Å². The van der Waals surface area contributed by atoms with Gasteiger partial charge in [-0.05, 0) is 86.4 Å². The van der Waals surface area contributed by atoms with Crippen molar-refractivity contribution in [2.45, 2.75) is 52.9 Å². The Morgan fingerprint density at radius 3 is 2.72 bits per heavy atom. The van der Waals surface area contributed by atoms with Gasteiger partial charge >= 0.3 is 0 Å². The molecule has 3 nitrogen and oxygen atoms in total. The Kier molecular flexibility index (Phi) is 6.10. The summed E-state index contributed by atoms with van der Waals surface area (Å²) in [6, 6.07) is 11.4. The van der Waals surface area contributed by atoms with Crippen molar-refractivity contribution in [3.05, 3.63) is 68.5 Å². The molecule has 0 atom stereocenters. The van der Waals surface area contributed by atoms with Crippen molar-refractivity contribution in [1.82, 2.24) is 4.98 Å². The number of hydrogen-bond donors (Lipinski definition) is 1. The number of aryl methyl sites for hydroxylation is 4. The topological polar surface area (TPSA) is 37.3 Å². The highest BCUT2D eigenvalue weighted by Crippen LogP contribution is 2.30. The number of hydrogen-bond acceptors (Lipinski definition) is 3. The van der Waals surface area contributed by atoms with Gasteiger partial charge < -0.3 is 5.32 Å². The molecule has 4 rings (SSSR count).